The summed E-state index contributed by atoms with van der Waals surface area (Å²) in [6.07, 6.45) is 21.5. The zero-order valence-electron chi connectivity index (χ0n) is 16.6. The van der Waals surface area contributed by atoms with Crippen LogP contribution in [0, 0.1) is 5.92 Å². The summed E-state index contributed by atoms with van der Waals surface area (Å²) in [4.78, 5) is 0. The summed E-state index contributed by atoms with van der Waals surface area (Å²) in [6.45, 7) is 6.74. The molecular weight excluding hydrogens is 280 g/mol. The largest absolute Gasteiger partial charge is 0.233 e. The predicted octanol–water partition coefficient (Wildman–Crippen LogP) is 8.09. The van der Waals surface area contributed by atoms with Crippen molar-refractivity contribution in [2.24, 2.45) is 5.92 Å². The molecule has 0 aliphatic carbocycles. The second-order valence-electron chi connectivity index (χ2n) is 7.55. The highest BCUT2D eigenvalue weighted by Gasteiger charge is 2.19. The van der Waals surface area contributed by atoms with E-state index in [9.17, 15) is 5.11 Å². The maximum Gasteiger partial charge on any atom is 0.0958 e. The van der Waals surface area contributed by atoms with Crippen LogP contribution in [0.15, 0.2) is 0 Å². The molecule has 0 aliphatic heterocycles. The van der Waals surface area contributed by atoms with Crippen molar-refractivity contribution in [2.45, 2.75) is 136 Å². The van der Waals surface area contributed by atoms with Crippen LogP contribution in [0.2, 0.25) is 0 Å². The lowest BCUT2D eigenvalue weighted by molar-refractivity contribution is 0.0193. The minimum Gasteiger partial charge on any atom is -0.233 e. The lowest BCUT2D eigenvalue weighted by Gasteiger charge is -2.21. The molecule has 0 aromatic carbocycles. The number of unbranched alkanes of at least 4 members (excludes halogenated alkanes) is 11. The van der Waals surface area contributed by atoms with Gasteiger partial charge < -0.3 is 0 Å². The number of rotatable bonds is 18. The summed E-state index contributed by atoms with van der Waals surface area (Å²) in [5, 5.41) is 12.5. The molecule has 0 amide bonds. The van der Waals surface area contributed by atoms with Crippen LogP contribution in [-0.4, -0.2) is 6.10 Å². The van der Waals surface area contributed by atoms with Crippen LogP contribution in [0.5, 0.6) is 0 Å². The fourth-order valence-electron chi connectivity index (χ4n) is 3.53. The first kappa shape index (κ1) is 23.0. The van der Waals surface area contributed by atoms with Gasteiger partial charge in [-0.25, -0.2) is 5.11 Å². The predicted molar refractivity (Wildman–Crippen MR) is 103 cm³/mol. The second kappa shape index (κ2) is 18.3. The molecule has 139 valence electrons. The molecule has 0 saturated carbocycles. The molecule has 0 bridgehead atoms. The molecule has 1 unspecified atom stereocenters. The molecule has 0 saturated heterocycles. The van der Waals surface area contributed by atoms with Gasteiger partial charge in [0.1, 0.15) is 0 Å². The summed E-state index contributed by atoms with van der Waals surface area (Å²) in [7, 11) is 0. The van der Waals surface area contributed by atoms with Gasteiger partial charge in [-0.2, -0.15) is 0 Å². The van der Waals surface area contributed by atoms with Crippen molar-refractivity contribution >= 4 is 0 Å². The van der Waals surface area contributed by atoms with E-state index in [1.807, 2.05) is 0 Å². The molecule has 0 rings (SSSR count). The van der Waals surface area contributed by atoms with Gasteiger partial charge in [0.2, 0.25) is 0 Å². The van der Waals surface area contributed by atoms with Gasteiger partial charge in [-0.15, -0.1) is 0 Å². The highest BCUT2D eigenvalue weighted by molar-refractivity contribution is 4.69. The van der Waals surface area contributed by atoms with Crippen LogP contribution < -0.4 is 0 Å². The van der Waals surface area contributed by atoms with Gasteiger partial charge in [-0.1, -0.05) is 111 Å². The topological polar surface area (TPSA) is 19.9 Å². The van der Waals surface area contributed by atoms with Crippen molar-refractivity contribution in [3.05, 3.63) is 0 Å². The number of hydrogen-bond acceptors (Lipinski definition) is 0. The van der Waals surface area contributed by atoms with Gasteiger partial charge in [0.15, 0.2) is 0 Å². The van der Waals surface area contributed by atoms with Crippen molar-refractivity contribution in [3.8, 4) is 0 Å². The standard InChI is InChI=1S/C22H45O/c1-4-7-10-12-14-16-18-21(22(23)20-9-6-3)19-17-15-13-11-8-5-2/h21-22H,4-20H2,1-3H3. The first-order chi connectivity index (χ1) is 11.3. The SMILES string of the molecule is CCCCCCCCC(CCCCCCCC)C([O])CCCC. The molecule has 1 atom stereocenters. The summed E-state index contributed by atoms with van der Waals surface area (Å²) in [6, 6.07) is 0. The third-order valence-electron chi connectivity index (χ3n) is 5.22. The molecule has 0 N–H and O–H groups in total. The Bertz CT molecular complexity index is 198. The van der Waals surface area contributed by atoms with Crippen molar-refractivity contribution in [1.29, 1.82) is 0 Å². The smallest absolute Gasteiger partial charge is 0.0958 e. The molecule has 1 radical (unpaired) electrons. The van der Waals surface area contributed by atoms with Crippen molar-refractivity contribution < 1.29 is 5.11 Å². The van der Waals surface area contributed by atoms with E-state index in [1.54, 1.807) is 0 Å². The van der Waals surface area contributed by atoms with E-state index < -0.39 is 0 Å². The zero-order valence-corrected chi connectivity index (χ0v) is 16.6. The van der Waals surface area contributed by atoms with Gasteiger partial charge in [0.05, 0.1) is 6.10 Å². The van der Waals surface area contributed by atoms with Crippen LogP contribution in [-0.2, 0) is 5.11 Å². The first-order valence-electron chi connectivity index (χ1n) is 10.9. The van der Waals surface area contributed by atoms with Crippen molar-refractivity contribution in [3.63, 3.8) is 0 Å². The third kappa shape index (κ3) is 15.2. The molecule has 1 nitrogen and oxygen atoms in total. The highest BCUT2D eigenvalue weighted by Crippen LogP contribution is 2.25. The highest BCUT2D eigenvalue weighted by atomic mass is 16.3. The van der Waals surface area contributed by atoms with Gasteiger partial charge in [0, 0.05) is 0 Å². The van der Waals surface area contributed by atoms with Crippen LogP contribution >= 0.6 is 0 Å². The Morgan fingerprint density at radius 2 is 0.870 bits per heavy atom. The molecule has 0 aliphatic rings. The fraction of sp³-hybridized carbons (Fsp3) is 1.00. The van der Waals surface area contributed by atoms with E-state index in [0.29, 0.717) is 5.92 Å². The Kier molecular flexibility index (Phi) is 18.3. The average molecular weight is 326 g/mol. The van der Waals surface area contributed by atoms with Crippen LogP contribution in [0.3, 0.4) is 0 Å². The van der Waals surface area contributed by atoms with E-state index >= 15 is 0 Å². The van der Waals surface area contributed by atoms with Crippen LogP contribution in [0.25, 0.3) is 0 Å². The number of hydrogen-bond donors (Lipinski definition) is 0. The zero-order chi connectivity index (χ0) is 17.2. The fourth-order valence-corrected chi connectivity index (χ4v) is 3.53. The third-order valence-corrected chi connectivity index (χ3v) is 5.22. The van der Waals surface area contributed by atoms with Gasteiger partial charge >= 0.3 is 0 Å². The van der Waals surface area contributed by atoms with Crippen molar-refractivity contribution in [2.75, 3.05) is 0 Å². The second-order valence-corrected chi connectivity index (χ2v) is 7.55. The average Bonchev–Trinajstić information content (AvgIpc) is 2.56. The van der Waals surface area contributed by atoms with Crippen LogP contribution in [0.1, 0.15) is 130 Å². The summed E-state index contributed by atoms with van der Waals surface area (Å²) in [5.74, 6) is 0.457. The summed E-state index contributed by atoms with van der Waals surface area (Å²) in [5.41, 5.74) is 0. The monoisotopic (exact) mass is 325 g/mol. The Hall–Kier alpha value is -0.0400. The van der Waals surface area contributed by atoms with Gasteiger partial charge in [0.25, 0.3) is 0 Å². The molecule has 0 fully saturated rings. The molecule has 0 aromatic heterocycles. The summed E-state index contributed by atoms with van der Waals surface area (Å²) >= 11 is 0. The van der Waals surface area contributed by atoms with Crippen LogP contribution in [0.4, 0.5) is 0 Å². The van der Waals surface area contributed by atoms with E-state index in [-0.39, 0.29) is 6.10 Å². The summed E-state index contributed by atoms with van der Waals surface area (Å²) < 4.78 is 0. The quantitative estimate of drug-likeness (QED) is 0.227. The van der Waals surface area contributed by atoms with E-state index in [4.69, 9.17) is 0 Å². The molecule has 0 aromatic rings. The van der Waals surface area contributed by atoms with E-state index in [1.165, 1.54) is 96.3 Å². The lowest BCUT2D eigenvalue weighted by atomic mass is 9.87. The molecule has 23 heavy (non-hydrogen) atoms. The normalized spacial score (nSPS) is 12.9. The van der Waals surface area contributed by atoms with E-state index in [0.717, 1.165) is 12.8 Å². The Balaban J connectivity index is 3.88. The molecular formula is C22H45O. The molecule has 0 heterocycles. The first-order valence-corrected chi connectivity index (χ1v) is 10.9. The minimum absolute atomic E-state index is 0.291. The van der Waals surface area contributed by atoms with Crippen molar-refractivity contribution in [1.82, 2.24) is 0 Å². The van der Waals surface area contributed by atoms with Gasteiger partial charge in [-0.05, 0) is 25.2 Å². The van der Waals surface area contributed by atoms with E-state index in [2.05, 4.69) is 20.8 Å². The Morgan fingerprint density at radius 1 is 0.478 bits per heavy atom. The maximum absolute atomic E-state index is 12.5. The Labute approximate surface area is 147 Å². The molecule has 1 heteroatoms. The Morgan fingerprint density at radius 3 is 1.30 bits per heavy atom. The van der Waals surface area contributed by atoms with Gasteiger partial charge in [-0.3, -0.25) is 0 Å². The maximum atomic E-state index is 12.5. The minimum atomic E-state index is -0.291. The lowest BCUT2D eigenvalue weighted by Crippen LogP contribution is -2.19. The molecule has 0 spiro atoms.